The van der Waals surface area contributed by atoms with Crippen LogP contribution in [0.1, 0.15) is 11.1 Å². The fraction of sp³-hybridized carbons (Fsp3) is 0.348. The average Bonchev–Trinajstić information content (AvgIpc) is 2.78. The maximum absolute atomic E-state index is 12.5. The molecule has 0 N–H and O–H groups in total. The van der Waals surface area contributed by atoms with Crippen molar-refractivity contribution in [2.75, 3.05) is 51.5 Å². The molecule has 0 saturated carbocycles. The fourth-order valence-corrected chi connectivity index (χ4v) is 3.78. The van der Waals surface area contributed by atoms with Gasteiger partial charge in [-0.1, -0.05) is 23.7 Å². The van der Waals surface area contributed by atoms with Crippen molar-refractivity contribution in [2.45, 2.75) is 6.54 Å². The quantitative estimate of drug-likeness (QED) is 0.681. The number of carbonyl (C=O) groups excluding carboxylic acids is 1. The summed E-state index contributed by atoms with van der Waals surface area (Å²) < 4.78 is 16.5. The number of anilines is 1. The lowest BCUT2D eigenvalue weighted by Crippen LogP contribution is -2.36. The minimum absolute atomic E-state index is 0.0849. The van der Waals surface area contributed by atoms with E-state index in [4.69, 9.17) is 25.8 Å². The van der Waals surface area contributed by atoms with E-state index in [9.17, 15) is 4.79 Å². The van der Waals surface area contributed by atoms with Gasteiger partial charge in [-0.3, -0.25) is 4.79 Å². The smallest absolute Gasteiger partial charge is 0.246 e. The molecule has 0 bridgehead atoms. The first-order valence-electron chi connectivity index (χ1n) is 10.0. The maximum Gasteiger partial charge on any atom is 0.246 e. The molecule has 2 aliphatic heterocycles. The minimum atomic E-state index is -0.0849. The van der Waals surface area contributed by atoms with Crippen LogP contribution in [0.15, 0.2) is 42.5 Å². The summed E-state index contributed by atoms with van der Waals surface area (Å²) in [5, 5.41) is 0.480. The Bertz CT molecular complexity index is 924. The lowest BCUT2D eigenvalue weighted by atomic mass is 10.1. The number of halogens is 1. The average molecular weight is 429 g/mol. The third-order valence-corrected chi connectivity index (χ3v) is 5.43. The molecule has 6 nitrogen and oxygen atoms in total. The molecule has 1 saturated heterocycles. The molecule has 0 aliphatic carbocycles. The van der Waals surface area contributed by atoms with E-state index in [2.05, 4.69) is 29.2 Å². The molecule has 1 amide bonds. The number of fused-ring (bicyclic) bond motifs is 1. The highest BCUT2D eigenvalue weighted by Gasteiger charge is 2.16. The van der Waals surface area contributed by atoms with E-state index in [1.54, 1.807) is 30.2 Å². The van der Waals surface area contributed by atoms with Gasteiger partial charge in [0.25, 0.3) is 0 Å². The van der Waals surface area contributed by atoms with Crippen molar-refractivity contribution in [3.8, 4) is 11.5 Å². The van der Waals surface area contributed by atoms with E-state index >= 15 is 0 Å². The molecule has 2 aromatic rings. The Labute approximate surface area is 181 Å². The second kappa shape index (κ2) is 9.41. The van der Waals surface area contributed by atoms with Gasteiger partial charge in [0.05, 0.1) is 18.2 Å². The van der Waals surface area contributed by atoms with Crippen molar-refractivity contribution in [3.63, 3.8) is 0 Å². The molecular weight excluding hydrogens is 404 g/mol. The van der Waals surface area contributed by atoms with Gasteiger partial charge < -0.3 is 24.0 Å². The first kappa shape index (κ1) is 20.6. The lowest BCUT2D eigenvalue weighted by molar-refractivity contribution is -0.125. The van der Waals surface area contributed by atoms with Crippen LogP contribution in [0.3, 0.4) is 0 Å². The zero-order valence-electron chi connectivity index (χ0n) is 17.0. The number of likely N-dealkylation sites (N-methyl/N-ethyl adjacent to an activating group) is 1. The second-order valence-electron chi connectivity index (χ2n) is 7.32. The highest BCUT2D eigenvalue weighted by Crippen LogP contribution is 2.38. The standard InChI is InChI=1S/C23H25ClN2O4/c1-25(16-17-2-5-19(6-3-17)26-8-10-28-11-9-26)22(27)7-4-18-14-20(24)23-21(15-18)29-12-13-30-23/h2-7,14-15H,8-13,16H2,1H3. The van der Waals surface area contributed by atoms with E-state index in [-0.39, 0.29) is 5.91 Å². The zero-order chi connectivity index (χ0) is 20.9. The Kier molecular flexibility index (Phi) is 6.45. The van der Waals surface area contributed by atoms with E-state index in [1.165, 1.54) is 5.69 Å². The van der Waals surface area contributed by atoms with E-state index in [1.807, 2.05) is 6.07 Å². The van der Waals surface area contributed by atoms with E-state index < -0.39 is 0 Å². The van der Waals surface area contributed by atoms with Gasteiger partial charge in [0.1, 0.15) is 13.2 Å². The van der Waals surface area contributed by atoms with E-state index in [0.29, 0.717) is 36.3 Å². The van der Waals surface area contributed by atoms with Crippen LogP contribution in [0, 0.1) is 0 Å². The molecule has 2 aliphatic rings. The Morgan fingerprint density at radius 2 is 1.83 bits per heavy atom. The number of benzene rings is 2. The van der Waals surface area contributed by atoms with E-state index in [0.717, 1.165) is 37.4 Å². The summed E-state index contributed by atoms with van der Waals surface area (Å²) in [5.41, 5.74) is 3.06. The molecule has 0 spiro atoms. The van der Waals surface area contributed by atoms with Gasteiger partial charge in [-0.15, -0.1) is 0 Å². The van der Waals surface area contributed by atoms with Crippen LogP contribution in [-0.4, -0.2) is 57.4 Å². The number of morpholine rings is 1. The van der Waals surface area contributed by atoms with Crippen molar-refractivity contribution in [1.82, 2.24) is 4.90 Å². The summed E-state index contributed by atoms with van der Waals surface area (Å²) in [5.74, 6) is 1.08. The molecule has 30 heavy (non-hydrogen) atoms. The Balaban J connectivity index is 1.36. The van der Waals surface area contributed by atoms with Crippen molar-refractivity contribution in [3.05, 3.63) is 58.6 Å². The van der Waals surface area contributed by atoms with Crippen LogP contribution in [0.4, 0.5) is 5.69 Å². The predicted octanol–water partition coefficient (Wildman–Crippen LogP) is 3.62. The lowest BCUT2D eigenvalue weighted by Gasteiger charge is -2.29. The predicted molar refractivity (Wildman–Crippen MR) is 117 cm³/mol. The third kappa shape index (κ3) is 4.89. The summed E-state index contributed by atoms with van der Waals surface area (Å²) in [4.78, 5) is 16.5. The van der Waals surface area contributed by atoms with Crippen LogP contribution < -0.4 is 14.4 Å². The molecule has 1 fully saturated rings. The SMILES string of the molecule is CN(Cc1ccc(N2CCOCC2)cc1)C(=O)C=Cc1cc(Cl)c2c(c1)OCCO2. The number of nitrogens with zero attached hydrogens (tertiary/aromatic N) is 2. The number of rotatable bonds is 5. The van der Waals surface area contributed by atoms with Crippen LogP contribution in [0.25, 0.3) is 6.08 Å². The summed E-state index contributed by atoms with van der Waals surface area (Å²) in [7, 11) is 1.79. The highest BCUT2D eigenvalue weighted by atomic mass is 35.5. The van der Waals surface area contributed by atoms with Crippen LogP contribution in [0.5, 0.6) is 11.5 Å². The first-order valence-corrected chi connectivity index (χ1v) is 10.4. The molecule has 0 aromatic heterocycles. The summed E-state index contributed by atoms with van der Waals surface area (Å²) in [6.45, 7) is 4.86. The molecule has 0 radical (unpaired) electrons. The van der Waals surface area contributed by atoms with Crippen LogP contribution >= 0.6 is 11.6 Å². The van der Waals surface area contributed by atoms with Crippen molar-refractivity contribution < 1.29 is 19.0 Å². The molecule has 4 rings (SSSR count). The van der Waals surface area contributed by atoms with Gasteiger partial charge in [-0.25, -0.2) is 0 Å². The van der Waals surface area contributed by atoms with Crippen LogP contribution in [-0.2, 0) is 16.1 Å². The molecule has 0 atom stereocenters. The number of amides is 1. The van der Waals surface area contributed by atoms with Gasteiger partial charge in [-0.05, 0) is 41.5 Å². The number of ether oxygens (including phenoxy) is 3. The molecule has 2 heterocycles. The highest BCUT2D eigenvalue weighted by molar-refractivity contribution is 6.32. The Hall–Kier alpha value is -2.70. The van der Waals surface area contributed by atoms with Crippen molar-refractivity contribution >= 4 is 29.3 Å². The maximum atomic E-state index is 12.5. The first-order chi connectivity index (χ1) is 14.6. The van der Waals surface area contributed by atoms with Gasteiger partial charge in [0, 0.05) is 38.4 Å². The topological polar surface area (TPSA) is 51.2 Å². The molecule has 7 heteroatoms. The molecule has 0 unspecified atom stereocenters. The molecule has 2 aromatic carbocycles. The fourth-order valence-electron chi connectivity index (χ4n) is 3.51. The minimum Gasteiger partial charge on any atom is -0.486 e. The molecule has 158 valence electrons. The zero-order valence-corrected chi connectivity index (χ0v) is 17.7. The van der Waals surface area contributed by atoms with Gasteiger partial charge in [0.15, 0.2) is 11.5 Å². The largest absolute Gasteiger partial charge is 0.486 e. The normalized spacial score (nSPS) is 16.0. The monoisotopic (exact) mass is 428 g/mol. The van der Waals surface area contributed by atoms with Gasteiger partial charge >= 0.3 is 0 Å². The summed E-state index contributed by atoms with van der Waals surface area (Å²) in [6.07, 6.45) is 3.29. The Morgan fingerprint density at radius 3 is 2.60 bits per heavy atom. The van der Waals surface area contributed by atoms with Crippen molar-refractivity contribution in [2.24, 2.45) is 0 Å². The third-order valence-electron chi connectivity index (χ3n) is 5.15. The number of carbonyl (C=O) groups is 1. The van der Waals surface area contributed by atoms with Gasteiger partial charge in [0.2, 0.25) is 5.91 Å². The van der Waals surface area contributed by atoms with Gasteiger partial charge in [-0.2, -0.15) is 0 Å². The summed E-state index contributed by atoms with van der Waals surface area (Å²) in [6, 6.07) is 11.9. The summed E-state index contributed by atoms with van der Waals surface area (Å²) >= 11 is 6.26. The van der Waals surface area contributed by atoms with Crippen molar-refractivity contribution in [1.29, 1.82) is 0 Å². The molecular formula is C23H25ClN2O4. The Morgan fingerprint density at radius 1 is 1.10 bits per heavy atom. The van der Waals surface area contributed by atoms with Crippen LogP contribution in [0.2, 0.25) is 5.02 Å². The second-order valence-corrected chi connectivity index (χ2v) is 7.73. The number of hydrogen-bond acceptors (Lipinski definition) is 5. The number of hydrogen-bond donors (Lipinski definition) is 0.